The van der Waals surface area contributed by atoms with Gasteiger partial charge >= 0.3 is 0 Å². The van der Waals surface area contributed by atoms with Crippen LogP contribution in [0.2, 0.25) is 0 Å². The SMILES string of the molecule is Cn1cc(-c2ccc(CC#N)c(F)c2)cn1. The molecule has 0 unspecified atom stereocenters. The summed E-state index contributed by atoms with van der Waals surface area (Å²) in [5.74, 6) is -0.345. The predicted molar refractivity (Wildman–Crippen MR) is 57.9 cm³/mol. The Morgan fingerprint density at radius 1 is 1.44 bits per heavy atom. The summed E-state index contributed by atoms with van der Waals surface area (Å²) >= 11 is 0. The molecule has 0 amide bonds. The molecule has 1 heterocycles. The van der Waals surface area contributed by atoms with Crippen molar-refractivity contribution in [1.29, 1.82) is 5.26 Å². The predicted octanol–water partition coefficient (Wildman–Crippen LogP) is 2.29. The number of nitriles is 1. The number of hydrogen-bond donors (Lipinski definition) is 0. The first-order valence-corrected chi connectivity index (χ1v) is 4.85. The second-order valence-electron chi connectivity index (χ2n) is 3.54. The third-order valence-corrected chi connectivity index (χ3v) is 2.36. The molecule has 1 aromatic heterocycles. The zero-order valence-corrected chi connectivity index (χ0v) is 8.81. The van der Waals surface area contributed by atoms with Crippen molar-refractivity contribution in [3.05, 3.63) is 42.0 Å². The topological polar surface area (TPSA) is 41.6 Å². The van der Waals surface area contributed by atoms with Crippen LogP contribution in [0, 0.1) is 17.1 Å². The average Bonchev–Trinajstić information content (AvgIpc) is 2.68. The molecule has 0 atom stereocenters. The molecule has 16 heavy (non-hydrogen) atoms. The van der Waals surface area contributed by atoms with Gasteiger partial charge in [-0.15, -0.1) is 0 Å². The molecule has 0 N–H and O–H groups in total. The van der Waals surface area contributed by atoms with Gasteiger partial charge in [0.1, 0.15) is 5.82 Å². The van der Waals surface area contributed by atoms with E-state index in [-0.39, 0.29) is 12.2 Å². The molecule has 0 aliphatic carbocycles. The van der Waals surface area contributed by atoms with Gasteiger partial charge in [-0.25, -0.2) is 4.39 Å². The highest BCUT2D eigenvalue weighted by Crippen LogP contribution is 2.21. The number of halogens is 1. The van der Waals surface area contributed by atoms with Crippen LogP contribution in [0.25, 0.3) is 11.1 Å². The number of benzene rings is 1. The Hall–Kier alpha value is -2.15. The quantitative estimate of drug-likeness (QED) is 0.771. The first-order valence-electron chi connectivity index (χ1n) is 4.85. The van der Waals surface area contributed by atoms with E-state index in [0.29, 0.717) is 5.56 Å². The molecule has 0 fully saturated rings. The molecule has 3 nitrogen and oxygen atoms in total. The summed E-state index contributed by atoms with van der Waals surface area (Å²) in [5, 5.41) is 12.5. The second-order valence-corrected chi connectivity index (χ2v) is 3.54. The van der Waals surface area contributed by atoms with Gasteiger partial charge in [0.05, 0.1) is 18.7 Å². The highest BCUT2D eigenvalue weighted by molar-refractivity contribution is 5.62. The molecule has 2 aromatic rings. The van der Waals surface area contributed by atoms with Gasteiger partial charge in [-0.05, 0) is 11.6 Å². The summed E-state index contributed by atoms with van der Waals surface area (Å²) < 4.78 is 15.2. The molecule has 0 saturated heterocycles. The van der Waals surface area contributed by atoms with E-state index in [0.717, 1.165) is 11.1 Å². The van der Waals surface area contributed by atoms with E-state index < -0.39 is 0 Å². The molecule has 0 spiro atoms. The van der Waals surface area contributed by atoms with Gasteiger partial charge < -0.3 is 0 Å². The van der Waals surface area contributed by atoms with Crippen molar-refractivity contribution in [1.82, 2.24) is 9.78 Å². The van der Waals surface area contributed by atoms with Crippen molar-refractivity contribution in [3.8, 4) is 17.2 Å². The number of aromatic nitrogens is 2. The van der Waals surface area contributed by atoms with Crippen LogP contribution in [0.3, 0.4) is 0 Å². The van der Waals surface area contributed by atoms with Crippen LogP contribution in [-0.2, 0) is 13.5 Å². The van der Waals surface area contributed by atoms with Gasteiger partial charge in [0.2, 0.25) is 0 Å². The smallest absolute Gasteiger partial charge is 0.128 e. The number of aryl methyl sites for hydroxylation is 1. The molecule has 0 aliphatic rings. The summed E-state index contributed by atoms with van der Waals surface area (Å²) in [4.78, 5) is 0. The summed E-state index contributed by atoms with van der Waals surface area (Å²) in [6.07, 6.45) is 3.59. The Morgan fingerprint density at radius 2 is 2.25 bits per heavy atom. The number of nitrogens with zero attached hydrogens (tertiary/aromatic N) is 3. The Kier molecular flexibility index (Phi) is 2.69. The normalized spacial score (nSPS) is 10.1. The van der Waals surface area contributed by atoms with E-state index >= 15 is 0 Å². The van der Waals surface area contributed by atoms with Gasteiger partial charge in [-0.3, -0.25) is 4.68 Å². The van der Waals surface area contributed by atoms with Crippen molar-refractivity contribution in [2.24, 2.45) is 7.05 Å². The minimum Gasteiger partial charge on any atom is -0.275 e. The molecular formula is C12H10FN3. The zero-order valence-electron chi connectivity index (χ0n) is 8.81. The van der Waals surface area contributed by atoms with Crippen LogP contribution in [0.5, 0.6) is 0 Å². The van der Waals surface area contributed by atoms with Crippen molar-refractivity contribution in [3.63, 3.8) is 0 Å². The maximum absolute atomic E-state index is 13.6. The van der Waals surface area contributed by atoms with Crippen LogP contribution < -0.4 is 0 Å². The summed E-state index contributed by atoms with van der Waals surface area (Å²) in [6.45, 7) is 0. The molecular weight excluding hydrogens is 205 g/mol. The highest BCUT2D eigenvalue weighted by atomic mass is 19.1. The Labute approximate surface area is 92.7 Å². The lowest BCUT2D eigenvalue weighted by Gasteiger charge is -2.01. The van der Waals surface area contributed by atoms with Crippen LogP contribution >= 0.6 is 0 Å². The lowest BCUT2D eigenvalue weighted by atomic mass is 10.1. The molecule has 0 saturated carbocycles. The minimum absolute atomic E-state index is 0.0964. The standard InChI is InChI=1S/C12H10FN3/c1-16-8-11(7-15-16)10-3-2-9(4-5-14)12(13)6-10/h2-3,6-8H,4H2,1H3. The first kappa shape index (κ1) is 10.4. The van der Waals surface area contributed by atoms with E-state index in [9.17, 15) is 4.39 Å². The molecule has 0 bridgehead atoms. The maximum atomic E-state index is 13.6. The van der Waals surface area contributed by atoms with Crippen molar-refractivity contribution in [2.75, 3.05) is 0 Å². The Balaban J connectivity index is 2.38. The van der Waals surface area contributed by atoms with Gasteiger partial charge in [0, 0.05) is 24.4 Å². The van der Waals surface area contributed by atoms with E-state index in [1.54, 1.807) is 23.0 Å². The summed E-state index contributed by atoms with van der Waals surface area (Å²) in [5.41, 5.74) is 2.06. The summed E-state index contributed by atoms with van der Waals surface area (Å²) in [6, 6.07) is 6.80. The third kappa shape index (κ3) is 1.94. The van der Waals surface area contributed by atoms with Gasteiger partial charge in [0.25, 0.3) is 0 Å². The fourth-order valence-corrected chi connectivity index (χ4v) is 1.53. The highest BCUT2D eigenvalue weighted by Gasteiger charge is 2.05. The minimum atomic E-state index is -0.345. The maximum Gasteiger partial charge on any atom is 0.128 e. The number of rotatable bonds is 2. The van der Waals surface area contributed by atoms with Crippen LogP contribution in [0.15, 0.2) is 30.6 Å². The fraction of sp³-hybridized carbons (Fsp3) is 0.167. The average molecular weight is 215 g/mol. The van der Waals surface area contributed by atoms with E-state index in [2.05, 4.69) is 5.10 Å². The van der Waals surface area contributed by atoms with Gasteiger partial charge in [-0.2, -0.15) is 10.4 Å². The largest absolute Gasteiger partial charge is 0.275 e. The van der Waals surface area contributed by atoms with Crippen LogP contribution in [0.1, 0.15) is 5.56 Å². The third-order valence-electron chi connectivity index (χ3n) is 2.36. The molecule has 2 rings (SSSR count). The molecule has 0 aliphatic heterocycles. The molecule has 1 aromatic carbocycles. The van der Waals surface area contributed by atoms with E-state index in [4.69, 9.17) is 5.26 Å². The lowest BCUT2D eigenvalue weighted by Crippen LogP contribution is -1.89. The van der Waals surface area contributed by atoms with Crippen LogP contribution in [-0.4, -0.2) is 9.78 Å². The molecule has 0 radical (unpaired) electrons. The van der Waals surface area contributed by atoms with Gasteiger partial charge in [0.15, 0.2) is 0 Å². The van der Waals surface area contributed by atoms with E-state index in [1.807, 2.05) is 19.3 Å². The second kappa shape index (κ2) is 4.15. The first-order chi connectivity index (χ1) is 7.70. The number of hydrogen-bond acceptors (Lipinski definition) is 2. The van der Waals surface area contributed by atoms with Gasteiger partial charge in [-0.1, -0.05) is 12.1 Å². The fourth-order valence-electron chi connectivity index (χ4n) is 1.53. The summed E-state index contributed by atoms with van der Waals surface area (Å²) in [7, 11) is 1.81. The molecule has 4 heteroatoms. The Morgan fingerprint density at radius 3 is 2.81 bits per heavy atom. The Bertz CT molecular complexity index is 552. The van der Waals surface area contributed by atoms with Crippen molar-refractivity contribution < 1.29 is 4.39 Å². The lowest BCUT2D eigenvalue weighted by molar-refractivity contribution is 0.616. The van der Waals surface area contributed by atoms with Crippen LogP contribution in [0.4, 0.5) is 4.39 Å². The van der Waals surface area contributed by atoms with Crippen molar-refractivity contribution in [2.45, 2.75) is 6.42 Å². The monoisotopic (exact) mass is 215 g/mol. The molecule has 80 valence electrons. The zero-order chi connectivity index (χ0) is 11.5. The van der Waals surface area contributed by atoms with Crippen molar-refractivity contribution >= 4 is 0 Å². The van der Waals surface area contributed by atoms with E-state index in [1.165, 1.54) is 6.07 Å².